The zero-order valence-electron chi connectivity index (χ0n) is 24.3. The van der Waals surface area contributed by atoms with Crippen LogP contribution < -0.4 is 9.62 Å². The number of hydrogen-bond acceptors (Lipinski definition) is 4. The number of para-hydroxylation sites is 1. The highest BCUT2D eigenvalue weighted by atomic mass is 32.2. The van der Waals surface area contributed by atoms with Crippen LogP contribution in [0.4, 0.5) is 5.69 Å². The summed E-state index contributed by atoms with van der Waals surface area (Å²) < 4.78 is 29.1. The number of hydrogen-bond donors (Lipinski definition) is 1. The average molecular weight is 564 g/mol. The van der Waals surface area contributed by atoms with Gasteiger partial charge in [-0.15, -0.1) is 0 Å². The SMILES string of the molecule is CC[C@@H](C(=O)NCC(C)C)N(Cc1cccc(C)c1)C(=O)CN(c1ccccc1C)S(=O)(=O)c1ccc(C)cc1. The lowest BCUT2D eigenvalue weighted by Gasteiger charge is -2.33. The summed E-state index contributed by atoms with van der Waals surface area (Å²) in [6.45, 7) is 11.8. The molecular formula is C32H41N3O4S. The van der Waals surface area contributed by atoms with Gasteiger partial charge in [-0.2, -0.15) is 0 Å². The van der Waals surface area contributed by atoms with Gasteiger partial charge in [-0.1, -0.05) is 86.5 Å². The van der Waals surface area contributed by atoms with Crippen molar-refractivity contribution < 1.29 is 18.0 Å². The molecular weight excluding hydrogens is 522 g/mol. The molecule has 0 aliphatic rings. The molecule has 1 N–H and O–H groups in total. The third kappa shape index (κ3) is 7.72. The summed E-state index contributed by atoms with van der Waals surface area (Å²) in [5.41, 5.74) is 3.97. The lowest BCUT2D eigenvalue weighted by molar-refractivity contribution is -0.140. The maximum atomic E-state index is 14.1. The van der Waals surface area contributed by atoms with Crippen LogP contribution >= 0.6 is 0 Å². The van der Waals surface area contributed by atoms with Crippen LogP contribution in [0.1, 0.15) is 49.4 Å². The van der Waals surface area contributed by atoms with Crippen LogP contribution in [0, 0.1) is 26.7 Å². The molecule has 214 valence electrons. The number of anilines is 1. The van der Waals surface area contributed by atoms with Crippen molar-refractivity contribution in [3.63, 3.8) is 0 Å². The first kappa shape index (κ1) is 30.9. The van der Waals surface area contributed by atoms with Crippen LogP contribution in [0.2, 0.25) is 0 Å². The van der Waals surface area contributed by atoms with Gasteiger partial charge >= 0.3 is 0 Å². The highest BCUT2D eigenvalue weighted by molar-refractivity contribution is 7.92. The predicted molar refractivity (Wildman–Crippen MR) is 161 cm³/mol. The van der Waals surface area contributed by atoms with Crippen molar-refractivity contribution >= 4 is 27.5 Å². The topological polar surface area (TPSA) is 86.8 Å². The number of benzene rings is 3. The number of aryl methyl sites for hydroxylation is 3. The molecule has 3 rings (SSSR count). The second-order valence-electron chi connectivity index (χ2n) is 10.7. The van der Waals surface area contributed by atoms with E-state index in [1.807, 2.05) is 77.9 Å². The van der Waals surface area contributed by atoms with Crippen molar-refractivity contribution in [2.75, 3.05) is 17.4 Å². The summed E-state index contributed by atoms with van der Waals surface area (Å²) in [4.78, 5) is 29.1. The Labute approximate surface area is 239 Å². The number of carbonyl (C=O) groups is 2. The Morgan fingerprint density at radius 1 is 0.875 bits per heavy atom. The monoisotopic (exact) mass is 563 g/mol. The molecule has 7 nitrogen and oxygen atoms in total. The lowest BCUT2D eigenvalue weighted by Crippen LogP contribution is -2.52. The van der Waals surface area contributed by atoms with Gasteiger partial charge in [-0.3, -0.25) is 13.9 Å². The van der Waals surface area contributed by atoms with Crippen molar-refractivity contribution in [2.24, 2.45) is 5.92 Å². The van der Waals surface area contributed by atoms with Gasteiger partial charge in [0.2, 0.25) is 11.8 Å². The van der Waals surface area contributed by atoms with Gasteiger partial charge in [0.15, 0.2) is 0 Å². The van der Waals surface area contributed by atoms with Crippen LogP contribution in [-0.2, 0) is 26.2 Å². The fraction of sp³-hybridized carbons (Fsp3) is 0.375. The van der Waals surface area contributed by atoms with Crippen LogP contribution in [0.5, 0.6) is 0 Å². The van der Waals surface area contributed by atoms with Crippen molar-refractivity contribution in [3.8, 4) is 0 Å². The molecule has 0 saturated heterocycles. The number of nitrogens with zero attached hydrogens (tertiary/aromatic N) is 2. The molecule has 0 aromatic heterocycles. The number of nitrogens with one attached hydrogen (secondary N) is 1. The third-order valence-electron chi connectivity index (χ3n) is 6.78. The molecule has 3 aromatic carbocycles. The number of rotatable bonds is 12. The van der Waals surface area contributed by atoms with E-state index in [0.29, 0.717) is 18.7 Å². The summed E-state index contributed by atoms with van der Waals surface area (Å²) in [5.74, 6) is -0.452. The van der Waals surface area contributed by atoms with E-state index < -0.39 is 28.5 Å². The first-order chi connectivity index (χ1) is 18.9. The molecule has 0 radical (unpaired) electrons. The number of amides is 2. The lowest BCUT2D eigenvalue weighted by atomic mass is 10.1. The summed E-state index contributed by atoms with van der Waals surface area (Å²) in [6, 6.07) is 20.7. The molecule has 0 saturated carbocycles. The Morgan fingerprint density at radius 3 is 2.15 bits per heavy atom. The second kappa shape index (κ2) is 13.6. The normalized spacial score (nSPS) is 12.2. The van der Waals surface area contributed by atoms with E-state index in [2.05, 4.69) is 5.32 Å². The first-order valence-electron chi connectivity index (χ1n) is 13.7. The minimum absolute atomic E-state index is 0.0982. The Balaban J connectivity index is 2.06. The van der Waals surface area contributed by atoms with Crippen molar-refractivity contribution in [1.82, 2.24) is 10.2 Å². The zero-order chi connectivity index (χ0) is 29.4. The van der Waals surface area contributed by atoms with Crippen LogP contribution in [0.25, 0.3) is 0 Å². The summed E-state index contributed by atoms with van der Waals surface area (Å²) in [7, 11) is -4.09. The minimum atomic E-state index is -4.09. The zero-order valence-corrected chi connectivity index (χ0v) is 25.2. The molecule has 0 aliphatic heterocycles. The quantitative estimate of drug-likeness (QED) is 0.320. The van der Waals surface area contributed by atoms with Gasteiger partial charge in [0.1, 0.15) is 12.6 Å². The molecule has 0 fully saturated rings. The van der Waals surface area contributed by atoms with Crippen LogP contribution in [0.15, 0.2) is 77.7 Å². The van der Waals surface area contributed by atoms with Crippen molar-refractivity contribution in [2.45, 2.75) is 65.4 Å². The fourth-order valence-corrected chi connectivity index (χ4v) is 6.02. The number of carbonyl (C=O) groups excluding carboxylic acids is 2. The average Bonchev–Trinajstić information content (AvgIpc) is 2.91. The van der Waals surface area contributed by atoms with Gasteiger partial charge in [-0.05, 0) is 62.4 Å². The molecule has 1 atom stereocenters. The molecule has 2 amide bonds. The van der Waals surface area contributed by atoms with Gasteiger partial charge in [0, 0.05) is 13.1 Å². The van der Waals surface area contributed by atoms with Gasteiger partial charge < -0.3 is 10.2 Å². The summed E-state index contributed by atoms with van der Waals surface area (Å²) in [6.07, 6.45) is 0.385. The number of sulfonamides is 1. The Kier molecular flexibility index (Phi) is 10.5. The molecule has 40 heavy (non-hydrogen) atoms. The molecule has 0 aliphatic carbocycles. The van der Waals surface area contributed by atoms with Gasteiger partial charge in [0.25, 0.3) is 10.0 Å². The van der Waals surface area contributed by atoms with Crippen molar-refractivity contribution in [3.05, 3.63) is 95.1 Å². The van der Waals surface area contributed by atoms with E-state index in [0.717, 1.165) is 26.6 Å². The predicted octanol–water partition coefficient (Wildman–Crippen LogP) is 5.39. The van der Waals surface area contributed by atoms with Crippen LogP contribution in [-0.4, -0.2) is 44.3 Å². The Bertz CT molecular complexity index is 1420. The van der Waals surface area contributed by atoms with Crippen molar-refractivity contribution in [1.29, 1.82) is 0 Å². The highest BCUT2D eigenvalue weighted by Crippen LogP contribution is 2.28. The largest absolute Gasteiger partial charge is 0.354 e. The van der Waals surface area contributed by atoms with E-state index in [1.165, 1.54) is 4.90 Å². The highest BCUT2D eigenvalue weighted by Gasteiger charge is 2.34. The molecule has 3 aromatic rings. The van der Waals surface area contributed by atoms with Crippen LogP contribution in [0.3, 0.4) is 0 Å². The van der Waals surface area contributed by atoms with E-state index in [4.69, 9.17) is 0 Å². The molecule has 0 bridgehead atoms. The molecule has 0 spiro atoms. The molecule has 0 heterocycles. The fourth-order valence-electron chi connectivity index (χ4n) is 4.54. The molecule has 8 heteroatoms. The van der Waals surface area contributed by atoms with E-state index in [-0.39, 0.29) is 23.3 Å². The standard InChI is InChI=1S/C32H41N3O4S/c1-7-29(32(37)33-20-23(2)3)34(21-27-13-10-11-25(5)19-27)31(36)22-35(30-14-9-8-12-26(30)6)40(38,39)28-17-15-24(4)16-18-28/h8-19,23,29H,7,20-22H2,1-6H3,(H,33,37)/t29-/m0/s1. The van der Waals surface area contributed by atoms with Gasteiger partial charge in [0.05, 0.1) is 10.6 Å². The van der Waals surface area contributed by atoms with E-state index >= 15 is 0 Å². The van der Waals surface area contributed by atoms with E-state index in [1.54, 1.807) is 36.4 Å². The molecule has 0 unspecified atom stereocenters. The smallest absolute Gasteiger partial charge is 0.264 e. The minimum Gasteiger partial charge on any atom is -0.354 e. The maximum Gasteiger partial charge on any atom is 0.264 e. The first-order valence-corrected chi connectivity index (χ1v) is 15.2. The van der Waals surface area contributed by atoms with Gasteiger partial charge in [-0.25, -0.2) is 8.42 Å². The Hall–Kier alpha value is -3.65. The summed E-state index contributed by atoms with van der Waals surface area (Å²) >= 11 is 0. The summed E-state index contributed by atoms with van der Waals surface area (Å²) in [5, 5.41) is 2.96. The Morgan fingerprint density at radius 2 is 1.55 bits per heavy atom. The third-order valence-corrected chi connectivity index (χ3v) is 8.55. The van der Waals surface area contributed by atoms with E-state index in [9.17, 15) is 18.0 Å². The second-order valence-corrected chi connectivity index (χ2v) is 12.5. The maximum absolute atomic E-state index is 14.1.